The molecule has 0 heterocycles. The largest absolute Gasteiger partial charge is 0.508 e. The van der Waals surface area contributed by atoms with E-state index in [1.807, 2.05) is 0 Å². The highest BCUT2D eigenvalue weighted by atomic mass is 16.6. The fourth-order valence-electron chi connectivity index (χ4n) is 6.46. The van der Waals surface area contributed by atoms with Gasteiger partial charge in [0.25, 0.3) is 11.6 Å². The van der Waals surface area contributed by atoms with E-state index in [9.17, 15) is 50.0 Å². The fraction of sp³-hybridized carbons (Fsp3) is 0.500. The Kier molecular flexibility index (Phi) is 6.22. The second-order valence-electron chi connectivity index (χ2n) is 11.6. The number of rotatable bonds is 3. The van der Waals surface area contributed by atoms with Gasteiger partial charge in [-0.1, -0.05) is 27.7 Å². The molecule has 0 spiro atoms. The van der Waals surface area contributed by atoms with Gasteiger partial charge >= 0.3 is 0 Å². The lowest BCUT2D eigenvalue weighted by Crippen LogP contribution is -2.70. The van der Waals surface area contributed by atoms with E-state index in [1.54, 1.807) is 20.8 Å². The molecule has 0 saturated heterocycles. The molecule has 0 aromatic heterocycles. The monoisotopic (exact) mass is 545 g/mol. The van der Waals surface area contributed by atoms with Crippen molar-refractivity contribution >= 4 is 28.9 Å². The third-order valence-corrected chi connectivity index (χ3v) is 8.21. The van der Waals surface area contributed by atoms with Gasteiger partial charge in [0.1, 0.15) is 22.8 Å². The Balaban J connectivity index is 2.14. The van der Waals surface area contributed by atoms with Crippen molar-refractivity contribution in [3.05, 3.63) is 49.8 Å². The molecular formula is C26H31N3O10. The van der Waals surface area contributed by atoms with Gasteiger partial charge in [-0.05, 0) is 25.4 Å². The molecule has 210 valence electrons. The van der Waals surface area contributed by atoms with Crippen molar-refractivity contribution in [1.82, 2.24) is 4.90 Å². The summed E-state index contributed by atoms with van der Waals surface area (Å²) in [5, 5.41) is 69.1. The number of hydrogen-bond donors (Lipinski definition) is 6. The van der Waals surface area contributed by atoms with Crippen LogP contribution in [0.3, 0.4) is 0 Å². The van der Waals surface area contributed by atoms with E-state index < -0.39 is 103 Å². The van der Waals surface area contributed by atoms with E-state index in [4.69, 9.17) is 5.73 Å². The zero-order chi connectivity index (χ0) is 29.7. The number of phenolic OH excluding ortho intramolecular Hbond substituents is 1. The molecule has 0 aliphatic heterocycles. The predicted molar refractivity (Wildman–Crippen MR) is 136 cm³/mol. The second-order valence-corrected chi connectivity index (χ2v) is 11.6. The first-order chi connectivity index (χ1) is 17.8. The Morgan fingerprint density at radius 1 is 1.18 bits per heavy atom. The summed E-state index contributed by atoms with van der Waals surface area (Å²) >= 11 is 0. The second kappa shape index (κ2) is 8.60. The quantitative estimate of drug-likeness (QED) is 0.176. The van der Waals surface area contributed by atoms with Gasteiger partial charge in [-0.15, -0.1) is 0 Å². The molecule has 4 rings (SSSR count). The number of carbonyl (C=O) groups excluding carboxylic acids is 3. The Morgan fingerprint density at radius 3 is 2.21 bits per heavy atom. The topological polar surface area (TPSA) is 225 Å². The first-order valence-electron chi connectivity index (χ1n) is 12.2. The fourth-order valence-corrected chi connectivity index (χ4v) is 6.46. The maximum atomic E-state index is 14.0. The van der Waals surface area contributed by atoms with Crippen molar-refractivity contribution in [3.8, 4) is 5.75 Å². The number of amides is 1. The number of aliphatic hydroxyl groups excluding tert-OH is 3. The van der Waals surface area contributed by atoms with Gasteiger partial charge in [0.05, 0.1) is 28.6 Å². The van der Waals surface area contributed by atoms with Gasteiger partial charge in [0.2, 0.25) is 5.78 Å². The minimum absolute atomic E-state index is 0.0980. The van der Waals surface area contributed by atoms with E-state index in [0.717, 1.165) is 0 Å². The smallest absolute Gasteiger partial charge is 0.274 e. The van der Waals surface area contributed by atoms with Crippen LogP contribution in [-0.2, 0) is 19.8 Å². The van der Waals surface area contributed by atoms with Crippen LogP contribution in [0, 0.1) is 22.0 Å². The molecule has 3 aliphatic carbocycles. The summed E-state index contributed by atoms with van der Waals surface area (Å²) in [7, 11) is 2.78. The Labute approximate surface area is 223 Å². The molecule has 1 fully saturated rings. The zero-order valence-electron chi connectivity index (χ0n) is 22.2. The number of primary amides is 1. The first kappa shape index (κ1) is 28.2. The summed E-state index contributed by atoms with van der Waals surface area (Å²) in [5.74, 6) is -10.8. The molecule has 1 saturated carbocycles. The molecule has 1 aromatic carbocycles. The van der Waals surface area contributed by atoms with E-state index in [0.29, 0.717) is 0 Å². The summed E-state index contributed by atoms with van der Waals surface area (Å²) in [6.07, 6.45) is -1.84. The van der Waals surface area contributed by atoms with Crippen molar-refractivity contribution < 1.29 is 44.8 Å². The molecule has 0 radical (unpaired) electrons. The summed E-state index contributed by atoms with van der Waals surface area (Å²) in [6.45, 7) is 6.47. The van der Waals surface area contributed by atoms with Crippen LogP contribution in [0.25, 0.3) is 5.76 Å². The van der Waals surface area contributed by atoms with E-state index >= 15 is 0 Å². The van der Waals surface area contributed by atoms with Gasteiger partial charge in [-0.2, -0.15) is 0 Å². The summed E-state index contributed by atoms with van der Waals surface area (Å²) in [6, 6.07) is -0.340. The molecule has 39 heavy (non-hydrogen) atoms. The molecule has 6 atom stereocenters. The number of nitro groups is 1. The average molecular weight is 546 g/mol. The van der Waals surface area contributed by atoms with Gasteiger partial charge < -0.3 is 31.3 Å². The minimum atomic E-state index is -3.06. The van der Waals surface area contributed by atoms with E-state index in [2.05, 4.69) is 0 Å². The highest BCUT2D eigenvalue weighted by Gasteiger charge is 2.68. The predicted octanol–water partition coefficient (Wildman–Crippen LogP) is 0.702. The van der Waals surface area contributed by atoms with Crippen molar-refractivity contribution in [2.45, 2.75) is 56.8 Å². The number of nitro benzene ring substituents is 1. The molecule has 13 nitrogen and oxygen atoms in total. The van der Waals surface area contributed by atoms with Crippen LogP contribution in [0.1, 0.15) is 50.3 Å². The van der Waals surface area contributed by atoms with E-state index in [1.165, 1.54) is 32.0 Å². The van der Waals surface area contributed by atoms with Crippen LogP contribution in [0.5, 0.6) is 5.75 Å². The van der Waals surface area contributed by atoms with Crippen LogP contribution in [-0.4, -0.2) is 84.7 Å². The minimum Gasteiger partial charge on any atom is -0.508 e. The molecule has 7 N–H and O–H groups in total. The number of Topliss-reactive ketones (excluding diaryl/α,β-unsaturated/α-hetero) is 2. The van der Waals surface area contributed by atoms with Gasteiger partial charge in [-0.25, -0.2) is 0 Å². The van der Waals surface area contributed by atoms with E-state index in [-0.39, 0.29) is 11.1 Å². The molecule has 1 amide bonds. The number of fused-ring (bicyclic) bond motifs is 3. The average Bonchev–Trinajstić information content (AvgIpc) is 2.79. The Bertz CT molecular complexity index is 1420. The number of ketones is 2. The van der Waals surface area contributed by atoms with Gasteiger partial charge in [-0.3, -0.25) is 29.4 Å². The summed E-state index contributed by atoms with van der Waals surface area (Å²) < 4.78 is 0. The zero-order valence-corrected chi connectivity index (χ0v) is 22.2. The maximum Gasteiger partial charge on any atom is 0.274 e. The molecule has 0 bridgehead atoms. The standard InChI is InChI=1S/C26H31N3O10/c1-8-11-10(29(38)39)7-9(25(2,3)4)18(30)13(11)19(31)14-12(8)20(32)16-17(28(5)6)21(33)15(24(27)36)23(35)26(16,37)22(14)34/h7-8,12,16-17,20,30-32,35,37H,1-6H3,(H2,27,36)/t8-,12+,16+,17?,20-,26-/m0/s1. The molecule has 1 aromatic rings. The third kappa shape index (κ3) is 3.53. The van der Waals surface area contributed by atoms with Crippen LogP contribution < -0.4 is 5.73 Å². The number of benzene rings is 1. The SMILES string of the molecule is C[C@H]1c2c([N+](=O)[O-])cc(C(C)(C)C)c(O)c2C(O)=C2C(=O)[C@]3(O)C(O)=C(C(N)=O)C(=O)C(N(C)C)[C@@H]3[C@@H](O)[C@@H]21. The van der Waals surface area contributed by atoms with Crippen molar-refractivity contribution in [3.63, 3.8) is 0 Å². The summed E-state index contributed by atoms with van der Waals surface area (Å²) in [5.41, 5.74) is -1.16. The van der Waals surface area contributed by atoms with Crippen molar-refractivity contribution in [2.75, 3.05) is 14.1 Å². The Hall–Kier alpha value is -3.81. The lowest BCUT2D eigenvalue weighted by atomic mass is 9.54. The third-order valence-electron chi connectivity index (χ3n) is 8.21. The van der Waals surface area contributed by atoms with Crippen LogP contribution in [0.15, 0.2) is 23.0 Å². The highest BCUT2D eigenvalue weighted by Crippen LogP contribution is 2.58. The number of carbonyl (C=O) groups is 3. The number of likely N-dealkylation sites (N-methyl/N-ethyl adjacent to an activating group) is 1. The summed E-state index contributed by atoms with van der Waals surface area (Å²) in [4.78, 5) is 52.0. The lowest BCUT2D eigenvalue weighted by Gasteiger charge is -2.53. The lowest BCUT2D eigenvalue weighted by molar-refractivity contribution is -0.386. The molecule has 3 aliphatic rings. The number of hydrogen-bond acceptors (Lipinski definition) is 11. The van der Waals surface area contributed by atoms with Crippen molar-refractivity contribution in [1.29, 1.82) is 0 Å². The van der Waals surface area contributed by atoms with Crippen LogP contribution in [0.4, 0.5) is 5.69 Å². The van der Waals surface area contributed by atoms with Gasteiger partial charge in [0, 0.05) is 28.7 Å². The highest BCUT2D eigenvalue weighted by molar-refractivity contribution is 6.24. The maximum absolute atomic E-state index is 14.0. The number of nitrogens with two attached hydrogens (primary N) is 1. The van der Waals surface area contributed by atoms with Crippen LogP contribution >= 0.6 is 0 Å². The number of nitrogens with zero attached hydrogens (tertiary/aromatic N) is 2. The first-order valence-corrected chi connectivity index (χ1v) is 12.2. The Morgan fingerprint density at radius 2 is 1.74 bits per heavy atom. The van der Waals surface area contributed by atoms with Crippen molar-refractivity contribution in [2.24, 2.45) is 17.6 Å². The molecule has 13 heteroatoms. The number of phenols is 1. The normalized spacial score (nSPS) is 30.7. The van der Waals surface area contributed by atoms with Gasteiger partial charge in [0.15, 0.2) is 11.4 Å². The number of aliphatic hydroxyl groups is 4. The molecular weight excluding hydrogens is 514 g/mol. The molecule has 1 unspecified atom stereocenters. The number of aromatic hydroxyl groups is 1. The van der Waals surface area contributed by atoms with Crippen LogP contribution in [0.2, 0.25) is 0 Å².